The molecular weight excluding hydrogens is 312 g/mol. The van der Waals surface area contributed by atoms with Crippen molar-refractivity contribution in [2.75, 3.05) is 24.2 Å². The first-order valence-corrected chi connectivity index (χ1v) is 9.25. The van der Waals surface area contributed by atoms with Crippen LogP contribution < -0.4 is 5.32 Å². The molecular formula is C17H26N2O3S. The lowest BCUT2D eigenvalue weighted by atomic mass is 10.2. The lowest BCUT2D eigenvalue weighted by Gasteiger charge is -2.37. The first-order chi connectivity index (χ1) is 10.8. The summed E-state index contributed by atoms with van der Waals surface area (Å²) in [6, 6.07) is 7.53. The maximum Gasteiger partial charge on any atom is 0.321 e. The Morgan fingerprint density at radius 1 is 1.43 bits per heavy atom. The van der Waals surface area contributed by atoms with Crippen LogP contribution in [-0.2, 0) is 22.1 Å². The fourth-order valence-corrected chi connectivity index (χ4v) is 3.70. The van der Waals surface area contributed by atoms with E-state index in [1.807, 2.05) is 52.0 Å². The first-order valence-electron chi connectivity index (χ1n) is 7.93. The third kappa shape index (κ3) is 5.04. The van der Waals surface area contributed by atoms with Crippen molar-refractivity contribution in [1.82, 2.24) is 4.90 Å². The van der Waals surface area contributed by atoms with Crippen LogP contribution in [0.25, 0.3) is 0 Å². The van der Waals surface area contributed by atoms with Gasteiger partial charge in [0.15, 0.2) is 0 Å². The lowest BCUT2D eigenvalue weighted by Crippen LogP contribution is -2.53. The maximum absolute atomic E-state index is 12.4. The Bertz CT molecular complexity index is 587. The van der Waals surface area contributed by atoms with E-state index in [9.17, 15) is 9.00 Å². The summed E-state index contributed by atoms with van der Waals surface area (Å²) in [6.07, 6.45) is 0.171. The predicted octanol–water partition coefficient (Wildman–Crippen LogP) is 2.99. The number of nitrogens with one attached hydrogen (secondary N) is 1. The van der Waals surface area contributed by atoms with Crippen LogP contribution in [0, 0.1) is 0 Å². The Morgan fingerprint density at radius 2 is 2.17 bits per heavy atom. The van der Waals surface area contributed by atoms with Gasteiger partial charge in [-0.25, -0.2) is 4.79 Å². The SMILES string of the molecule is CC(C)OCc1cccc(NC(=O)N2CC[S@](=O)C(C)(C)C2)c1. The van der Waals surface area contributed by atoms with Crippen molar-refractivity contribution in [3.63, 3.8) is 0 Å². The molecule has 1 N–H and O–H groups in total. The lowest BCUT2D eigenvalue weighted by molar-refractivity contribution is 0.0657. The molecule has 6 heteroatoms. The number of nitrogens with zero attached hydrogens (tertiary/aromatic N) is 1. The van der Waals surface area contributed by atoms with Gasteiger partial charge in [0.05, 0.1) is 17.5 Å². The summed E-state index contributed by atoms with van der Waals surface area (Å²) in [5.74, 6) is 0.530. The monoisotopic (exact) mass is 338 g/mol. The van der Waals surface area contributed by atoms with Gasteiger partial charge in [-0.3, -0.25) is 4.21 Å². The van der Waals surface area contributed by atoms with Crippen LogP contribution in [0.1, 0.15) is 33.3 Å². The Labute approximate surface area is 140 Å². The number of benzene rings is 1. The molecule has 0 saturated carbocycles. The molecule has 0 radical (unpaired) electrons. The van der Waals surface area contributed by atoms with Gasteiger partial charge in [-0.1, -0.05) is 12.1 Å². The summed E-state index contributed by atoms with van der Waals surface area (Å²) in [6.45, 7) is 9.41. The average molecular weight is 338 g/mol. The molecule has 1 atom stereocenters. The molecule has 0 unspecified atom stereocenters. The minimum absolute atomic E-state index is 0.142. The third-order valence-corrected chi connectivity index (χ3v) is 5.70. The molecule has 1 aliphatic rings. The second kappa shape index (κ2) is 7.45. The number of anilines is 1. The van der Waals surface area contributed by atoms with Crippen LogP contribution in [0.15, 0.2) is 24.3 Å². The van der Waals surface area contributed by atoms with Crippen LogP contribution in [0.4, 0.5) is 10.5 Å². The second-order valence-electron chi connectivity index (χ2n) is 6.72. The van der Waals surface area contributed by atoms with E-state index in [-0.39, 0.29) is 16.9 Å². The zero-order chi connectivity index (χ0) is 17.0. The number of carbonyl (C=O) groups is 1. The van der Waals surface area contributed by atoms with Crippen molar-refractivity contribution in [3.8, 4) is 0 Å². The van der Waals surface area contributed by atoms with E-state index in [4.69, 9.17) is 4.74 Å². The van der Waals surface area contributed by atoms with E-state index in [1.54, 1.807) is 4.90 Å². The van der Waals surface area contributed by atoms with E-state index >= 15 is 0 Å². The van der Waals surface area contributed by atoms with Crippen molar-refractivity contribution >= 4 is 22.5 Å². The van der Waals surface area contributed by atoms with Crippen LogP contribution in [0.2, 0.25) is 0 Å². The molecule has 0 bridgehead atoms. The Morgan fingerprint density at radius 3 is 2.83 bits per heavy atom. The number of amides is 2. The number of hydrogen-bond donors (Lipinski definition) is 1. The first kappa shape index (κ1) is 17.9. The quantitative estimate of drug-likeness (QED) is 0.918. The van der Waals surface area contributed by atoms with Crippen molar-refractivity contribution in [2.24, 2.45) is 0 Å². The third-order valence-electron chi connectivity index (χ3n) is 3.78. The smallest absolute Gasteiger partial charge is 0.321 e. The Hall–Kier alpha value is -1.40. The molecule has 1 aromatic carbocycles. The minimum Gasteiger partial charge on any atom is -0.374 e. The largest absolute Gasteiger partial charge is 0.374 e. The predicted molar refractivity (Wildman–Crippen MR) is 94.0 cm³/mol. The van der Waals surface area contributed by atoms with Gasteiger partial charge in [0.25, 0.3) is 0 Å². The maximum atomic E-state index is 12.4. The summed E-state index contributed by atoms with van der Waals surface area (Å²) in [5.41, 5.74) is 1.78. The highest BCUT2D eigenvalue weighted by atomic mass is 32.2. The number of rotatable bonds is 4. The molecule has 1 heterocycles. The summed E-state index contributed by atoms with van der Waals surface area (Å²) in [4.78, 5) is 14.2. The average Bonchev–Trinajstić information content (AvgIpc) is 2.48. The van der Waals surface area contributed by atoms with Gasteiger partial charge in [-0.15, -0.1) is 0 Å². The highest BCUT2D eigenvalue weighted by molar-refractivity contribution is 7.86. The summed E-state index contributed by atoms with van der Waals surface area (Å²) in [5, 5.41) is 2.92. The zero-order valence-corrected chi connectivity index (χ0v) is 15.1. The molecule has 1 fully saturated rings. The van der Waals surface area contributed by atoms with Gasteiger partial charge < -0.3 is 15.0 Å². The van der Waals surface area contributed by atoms with E-state index in [1.165, 1.54) is 0 Å². The van der Waals surface area contributed by atoms with Crippen LogP contribution >= 0.6 is 0 Å². The van der Waals surface area contributed by atoms with Gasteiger partial charge in [-0.05, 0) is 45.4 Å². The zero-order valence-electron chi connectivity index (χ0n) is 14.3. The number of ether oxygens (including phenoxy) is 1. The molecule has 23 heavy (non-hydrogen) atoms. The fraction of sp³-hybridized carbons (Fsp3) is 0.588. The molecule has 5 nitrogen and oxygen atoms in total. The normalized spacial score (nSPS) is 20.6. The van der Waals surface area contributed by atoms with Gasteiger partial charge in [0.1, 0.15) is 0 Å². The van der Waals surface area contributed by atoms with Gasteiger partial charge >= 0.3 is 6.03 Å². The van der Waals surface area contributed by atoms with Crippen molar-refractivity contribution in [3.05, 3.63) is 29.8 Å². The molecule has 1 aromatic rings. The minimum atomic E-state index is -0.883. The number of carbonyl (C=O) groups excluding carboxylic acids is 1. The van der Waals surface area contributed by atoms with Crippen LogP contribution in [-0.4, -0.2) is 44.8 Å². The molecule has 0 spiro atoms. The summed E-state index contributed by atoms with van der Waals surface area (Å²) < 4.78 is 17.2. The molecule has 1 saturated heterocycles. The van der Waals surface area contributed by atoms with Gasteiger partial charge in [0.2, 0.25) is 0 Å². The van der Waals surface area contributed by atoms with Crippen LogP contribution in [0.5, 0.6) is 0 Å². The second-order valence-corrected chi connectivity index (χ2v) is 8.93. The topological polar surface area (TPSA) is 58.6 Å². The van der Waals surface area contributed by atoms with E-state index in [0.29, 0.717) is 25.4 Å². The molecule has 2 rings (SSSR count). The number of hydrogen-bond acceptors (Lipinski definition) is 3. The van der Waals surface area contributed by atoms with Crippen molar-refractivity contribution in [1.29, 1.82) is 0 Å². The Balaban J connectivity index is 1.97. The summed E-state index contributed by atoms with van der Waals surface area (Å²) in [7, 11) is -0.883. The highest BCUT2D eigenvalue weighted by Crippen LogP contribution is 2.21. The van der Waals surface area contributed by atoms with Gasteiger partial charge in [0, 0.05) is 35.3 Å². The van der Waals surface area contributed by atoms with Gasteiger partial charge in [-0.2, -0.15) is 0 Å². The van der Waals surface area contributed by atoms with E-state index in [2.05, 4.69) is 5.32 Å². The number of urea groups is 1. The summed E-state index contributed by atoms with van der Waals surface area (Å²) >= 11 is 0. The van der Waals surface area contributed by atoms with Crippen molar-refractivity contribution < 1.29 is 13.7 Å². The fourth-order valence-electron chi connectivity index (χ4n) is 2.46. The van der Waals surface area contributed by atoms with Crippen molar-refractivity contribution in [2.45, 2.75) is 45.2 Å². The molecule has 0 aliphatic carbocycles. The standard InChI is InChI=1S/C17H26N2O3S/c1-13(2)22-11-14-6-5-7-15(10-14)18-16(20)19-8-9-23(21)17(3,4)12-19/h5-7,10,13H,8-9,11-12H2,1-4H3,(H,18,20)/t23-/m0/s1. The molecule has 2 amide bonds. The molecule has 128 valence electrons. The highest BCUT2D eigenvalue weighted by Gasteiger charge is 2.35. The van der Waals surface area contributed by atoms with E-state index in [0.717, 1.165) is 11.3 Å². The molecule has 1 aliphatic heterocycles. The van der Waals surface area contributed by atoms with Crippen LogP contribution in [0.3, 0.4) is 0 Å². The van der Waals surface area contributed by atoms with E-state index < -0.39 is 10.8 Å². The molecule has 0 aromatic heterocycles. The Kier molecular flexibility index (Phi) is 5.81.